The standard InChI is InChI=1S/C17H13ClN2O2/c1-19(14-5-3-2-4-6-14)20-16(21)11-15(17(20)22)12-7-9-13(18)10-8-12/h2-11H,1H3. The number of carbonyl (C=O) groups is 2. The van der Waals surface area contributed by atoms with Crippen molar-refractivity contribution in [1.82, 2.24) is 5.01 Å². The van der Waals surface area contributed by atoms with Crippen LogP contribution in [0, 0.1) is 0 Å². The molecule has 2 aromatic rings. The highest BCUT2D eigenvalue weighted by molar-refractivity contribution is 6.34. The van der Waals surface area contributed by atoms with Crippen LogP contribution in [0.2, 0.25) is 5.02 Å². The maximum absolute atomic E-state index is 12.6. The minimum atomic E-state index is -0.360. The molecule has 4 nitrogen and oxygen atoms in total. The van der Waals surface area contributed by atoms with Gasteiger partial charge in [-0.3, -0.25) is 14.6 Å². The molecule has 0 aliphatic carbocycles. The Balaban J connectivity index is 1.90. The average molecular weight is 313 g/mol. The molecule has 0 bridgehead atoms. The lowest BCUT2D eigenvalue weighted by molar-refractivity contribution is -0.136. The molecule has 0 atom stereocenters. The van der Waals surface area contributed by atoms with E-state index in [0.717, 1.165) is 10.7 Å². The normalized spacial score (nSPS) is 14.3. The van der Waals surface area contributed by atoms with Crippen LogP contribution < -0.4 is 5.01 Å². The summed E-state index contributed by atoms with van der Waals surface area (Å²) in [5.41, 5.74) is 1.80. The summed E-state index contributed by atoms with van der Waals surface area (Å²) in [6.45, 7) is 0. The van der Waals surface area contributed by atoms with E-state index in [-0.39, 0.29) is 11.8 Å². The SMILES string of the molecule is CN(c1ccccc1)N1C(=O)C=C(c2ccc(Cl)cc2)C1=O. The van der Waals surface area contributed by atoms with Gasteiger partial charge in [0.05, 0.1) is 11.3 Å². The van der Waals surface area contributed by atoms with Crippen LogP contribution in [0.25, 0.3) is 5.57 Å². The van der Waals surface area contributed by atoms with Crippen molar-refractivity contribution in [2.24, 2.45) is 0 Å². The van der Waals surface area contributed by atoms with Gasteiger partial charge in [0.1, 0.15) is 0 Å². The maximum Gasteiger partial charge on any atom is 0.280 e. The molecule has 0 spiro atoms. The molecule has 2 amide bonds. The van der Waals surface area contributed by atoms with Crippen LogP contribution in [0.4, 0.5) is 5.69 Å². The second-order valence-corrected chi connectivity index (χ2v) is 5.32. The molecule has 1 aliphatic heterocycles. The average Bonchev–Trinajstić information content (AvgIpc) is 2.83. The van der Waals surface area contributed by atoms with Gasteiger partial charge in [-0.05, 0) is 29.8 Å². The first-order valence-corrected chi connectivity index (χ1v) is 7.10. The summed E-state index contributed by atoms with van der Waals surface area (Å²) in [5, 5.41) is 3.25. The quantitative estimate of drug-likeness (QED) is 0.818. The second-order valence-electron chi connectivity index (χ2n) is 4.88. The molecule has 2 aromatic carbocycles. The lowest BCUT2D eigenvalue weighted by atomic mass is 10.1. The predicted octanol–water partition coefficient (Wildman–Crippen LogP) is 3.14. The van der Waals surface area contributed by atoms with Crippen molar-refractivity contribution in [1.29, 1.82) is 0 Å². The Morgan fingerprint density at radius 3 is 2.23 bits per heavy atom. The summed E-state index contributed by atoms with van der Waals surface area (Å²) in [5.74, 6) is -0.708. The number of carbonyl (C=O) groups excluding carboxylic acids is 2. The zero-order valence-corrected chi connectivity index (χ0v) is 12.6. The van der Waals surface area contributed by atoms with Crippen LogP contribution in [0.3, 0.4) is 0 Å². The molecule has 0 saturated carbocycles. The van der Waals surface area contributed by atoms with Crippen molar-refractivity contribution in [3.63, 3.8) is 0 Å². The van der Waals surface area contributed by atoms with E-state index < -0.39 is 0 Å². The number of amides is 2. The lowest BCUT2D eigenvalue weighted by Crippen LogP contribution is -2.44. The molecule has 0 fully saturated rings. The van der Waals surface area contributed by atoms with E-state index in [9.17, 15) is 9.59 Å². The smallest absolute Gasteiger partial charge is 0.278 e. The van der Waals surface area contributed by atoms with Gasteiger partial charge in [0, 0.05) is 18.1 Å². The molecule has 5 heteroatoms. The third-order valence-corrected chi connectivity index (χ3v) is 3.74. The van der Waals surface area contributed by atoms with E-state index >= 15 is 0 Å². The van der Waals surface area contributed by atoms with Crippen molar-refractivity contribution in [2.75, 3.05) is 12.1 Å². The fourth-order valence-corrected chi connectivity index (χ4v) is 2.47. The maximum atomic E-state index is 12.6. The number of benzene rings is 2. The van der Waals surface area contributed by atoms with E-state index in [1.165, 1.54) is 6.08 Å². The summed E-state index contributed by atoms with van der Waals surface area (Å²) >= 11 is 5.85. The molecule has 3 rings (SSSR count). The van der Waals surface area contributed by atoms with Gasteiger partial charge in [0.25, 0.3) is 11.8 Å². The fraction of sp³-hybridized carbons (Fsp3) is 0.0588. The van der Waals surface area contributed by atoms with E-state index in [2.05, 4.69) is 0 Å². The van der Waals surface area contributed by atoms with Crippen LogP contribution in [0.5, 0.6) is 0 Å². The van der Waals surface area contributed by atoms with Crippen LogP contribution in [0.1, 0.15) is 5.56 Å². The van der Waals surface area contributed by atoms with Gasteiger partial charge in [-0.2, -0.15) is 5.01 Å². The molecular formula is C17H13ClN2O2. The first-order valence-electron chi connectivity index (χ1n) is 6.72. The van der Waals surface area contributed by atoms with Crippen LogP contribution in [0.15, 0.2) is 60.7 Å². The van der Waals surface area contributed by atoms with E-state index in [0.29, 0.717) is 16.2 Å². The summed E-state index contributed by atoms with van der Waals surface area (Å²) < 4.78 is 0. The first-order chi connectivity index (χ1) is 10.6. The Hall–Kier alpha value is -2.59. The van der Waals surface area contributed by atoms with Crippen LogP contribution in [-0.4, -0.2) is 23.9 Å². The highest BCUT2D eigenvalue weighted by atomic mass is 35.5. The number of hydrogen-bond donors (Lipinski definition) is 0. The van der Waals surface area contributed by atoms with E-state index in [4.69, 9.17) is 11.6 Å². The number of anilines is 1. The van der Waals surface area contributed by atoms with Crippen molar-refractivity contribution in [3.05, 3.63) is 71.3 Å². The van der Waals surface area contributed by atoms with E-state index in [1.807, 2.05) is 30.3 Å². The van der Waals surface area contributed by atoms with Crippen molar-refractivity contribution in [2.45, 2.75) is 0 Å². The van der Waals surface area contributed by atoms with Gasteiger partial charge in [-0.15, -0.1) is 0 Å². The Morgan fingerprint density at radius 2 is 1.59 bits per heavy atom. The highest BCUT2D eigenvalue weighted by Gasteiger charge is 2.35. The molecule has 0 aromatic heterocycles. The van der Waals surface area contributed by atoms with Gasteiger partial charge in [0.15, 0.2) is 0 Å². The van der Waals surface area contributed by atoms with Gasteiger partial charge in [0.2, 0.25) is 0 Å². The molecule has 0 radical (unpaired) electrons. The number of hydrazine groups is 1. The Kier molecular flexibility index (Phi) is 3.69. The molecular weight excluding hydrogens is 300 g/mol. The Labute approximate surface area is 133 Å². The number of para-hydroxylation sites is 1. The monoisotopic (exact) mass is 312 g/mol. The van der Waals surface area contributed by atoms with Gasteiger partial charge in [-0.25, -0.2) is 0 Å². The number of imide groups is 1. The minimum absolute atomic E-state index is 0.348. The number of rotatable bonds is 3. The molecule has 0 unspecified atom stereocenters. The van der Waals surface area contributed by atoms with Gasteiger partial charge < -0.3 is 0 Å². The lowest BCUT2D eigenvalue weighted by Gasteiger charge is -2.28. The summed E-state index contributed by atoms with van der Waals surface area (Å²) in [6, 6.07) is 16.1. The summed E-state index contributed by atoms with van der Waals surface area (Å²) in [4.78, 5) is 24.8. The third-order valence-electron chi connectivity index (χ3n) is 3.48. The number of hydrogen-bond acceptors (Lipinski definition) is 3. The zero-order valence-electron chi connectivity index (χ0n) is 11.9. The highest BCUT2D eigenvalue weighted by Crippen LogP contribution is 2.27. The molecule has 1 heterocycles. The predicted molar refractivity (Wildman–Crippen MR) is 86.1 cm³/mol. The van der Waals surface area contributed by atoms with Gasteiger partial charge in [-0.1, -0.05) is 41.9 Å². The molecule has 22 heavy (non-hydrogen) atoms. The molecule has 0 saturated heterocycles. The fourth-order valence-electron chi connectivity index (χ4n) is 2.34. The number of halogens is 1. The van der Waals surface area contributed by atoms with Crippen LogP contribution in [-0.2, 0) is 9.59 Å². The van der Waals surface area contributed by atoms with E-state index in [1.54, 1.807) is 36.3 Å². The van der Waals surface area contributed by atoms with Crippen LogP contribution >= 0.6 is 11.6 Å². The topological polar surface area (TPSA) is 40.6 Å². The van der Waals surface area contributed by atoms with Gasteiger partial charge >= 0.3 is 0 Å². The summed E-state index contributed by atoms with van der Waals surface area (Å²) in [6.07, 6.45) is 1.35. The summed E-state index contributed by atoms with van der Waals surface area (Å²) in [7, 11) is 1.68. The largest absolute Gasteiger partial charge is 0.280 e. The molecule has 110 valence electrons. The zero-order chi connectivity index (χ0) is 15.7. The second kappa shape index (κ2) is 5.66. The third kappa shape index (κ3) is 2.49. The van der Waals surface area contributed by atoms with Crippen molar-refractivity contribution < 1.29 is 9.59 Å². The van der Waals surface area contributed by atoms with Crippen molar-refractivity contribution in [3.8, 4) is 0 Å². The Morgan fingerprint density at radius 1 is 0.955 bits per heavy atom. The first kappa shape index (κ1) is 14.4. The Bertz CT molecular complexity index is 754. The van der Waals surface area contributed by atoms with Crippen molar-refractivity contribution >= 4 is 34.7 Å². The number of nitrogens with zero attached hydrogens (tertiary/aromatic N) is 2. The minimum Gasteiger partial charge on any atom is -0.278 e. The molecule has 1 aliphatic rings. The molecule has 0 N–H and O–H groups in total.